The predicted molar refractivity (Wildman–Crippen MR) is 116 cm³/mol. The van der Waals surface area contributed by atoms with Gasteiger partial charge in [-0.2, -0.15) is 5.26 Å². The molecule has 1 saturated heterocycles. The van der Waals surface area contributed by atoms with Crippen LogP contribution in [0.25, 0.3) is 37.5 Å². The first kappa shape index (κ1) is 17.6. The van der Waals surface area contributed by atoms with E-state index in [0.29, 0.717) is 10.5 Å². The lowest BCUT2D eigenvalue weighted by molar-refractivity contribution is -0.115. The Kier molecular flexibility index (Phi) is 4.16. The van der Waals surface area contributed by atoms with Crippen LogP contribution in [-0.2, 0) is 4.79 Å². The first-order valence-electron chi connectivity index (χ1n) is 8.69. The van der Waals surface area contributed by atoms with E-state index in [-0.39, 0.29) is 11.1 Å². The van der Waals surface area contributed by atoms with Crippen LogP contribution < -0.4 is 5.32 Å². The van der Waals surface area contributed by atoms with Crippen LogP contribution in [0.1, 0.15) is 11.1 Å². The zero-order valence-electron chi connectivity index (χ0n) is 14.8. The van der Waals surface area contributed by atoms with E-state index in [4.69, 9.17) is 0 Å². The van der Waals surface area contributed by atoms with Gasteiger partial charge in [0.1, 0.15) is 0 Å². The number of hydrogen-bond donors (Lipinski definition) is 1. The van der Waals surface area contributed by atoms with Gasteiger partial charge in [-0.3, -0.25) is 19.9 Å². The minimum absolute atomic E-state index is 0.358. The third-order valence-corrected chi connectivity index (χ3v) is 6.60. The van der Waals surface area contributed by atoms with Gasteiger partial charge < -0.3 is 0 Å². The lowest BCUT2D eigenvalue weighted by Crippen LogP contribution is -2.17. The van der Waals surface area contributed by atoms with Crippen molar-refractivity contribution in [2.24, 2.45) is 0 Å². The first-order valence-corrected chi connectivity index (χ1v) is 10.3. The summed E-state index contributed by atoms with van der Waals surface area (Å²) in [7, 11) is 0. The van der Waals surface area contributed by atoms with Crippen molar-refractivity contribution >= 4 is 61.3 Å². The fourth-order valence-electron chi connectivity index (χ4n) is 3.33. The number of pyridine rings is 1. The highest BCUT2D eigenvalue weighted by atomic mass is 32.2. The second kappa shape index (κ2) is 6.85. The Bertz CT molecular complexity index is 1410. The molecule has 2 amide bonds. The van der Waals surface area contributed by atoms with Crippen molar-refractivity contribution in [1.82, 2.24) is 10.3 Å². The number of nitrogens with one attached hydrogen (secondary N) is 1. The molecule has 0 saturated carbocycles. The van der Waals surface area contributed by atoms with Crippen LogP contribution in [0.2, 0.25) is 0 Å². The normalized spacial score (nSPS) is 15.2. The molecule has 1 aliphatic heterocycles. The van der Waals surface area contributed by atoms with Crippen LogP contribution in [0.15, 0.2) is 59.6 Å². The lowest BCUT2D eigenvalue weighted by Gasteiger charge is -2.05. The molecule has 1 N–H and O–H groups in total. The van der Waals surface area contributed by atoms with Crippen molar-refractivity contribution in [2.45, 2.75) is 0 Å². The number of thiophene rings is 1. The quantitative estimate of drug-likeness (QED) is 0.450. The molecule has 3 heterocycles. The maximum Gasteiger partial charge on any atom is 0.290 e. The lowest BCUT2D eigenvalue weighted by atomic mass is 10.0. The highest BCUT2D eigenvalue weighted by molar-refractivity contribution is 8.18. The molecule has 0 bridgehead atoms. The molecule has 1 fully saturated rings. The van der Waals surface area contributed by atoms with Crippen LogP contribution in [0, 0.1) is 11.3 Å². The molecule has 0 radical (unpaired) electrons. The third kappa shape index (κ3) is 3.09. The van der Waals surface area contributed by atoms with Crippen LogP contribution in [0.3, 0.4) is 0 Å². The Hall–Kier alpha value is -3.47. The van der Waals surface area contributed by atoms with E-state index in [9.17, 15) is 14.9 Å². The number of thioether (sulfide) groups is 1. The summed E-state index contributed by atoms with van der Waals surface area (Å²) >= 11 is 2.53. The number of carbonyl (C=O) groups is 2. The maximum absolute atomic E-state index is 11.8. The molecule has 0 atom stereocenters. The number of carbonyl (C=O) groups excluding carboxylic acids is 2. The number of nitrogens with zero attached hydrogens (tertiary/aromatic N) is 2. The Morgan fingerprint density at radius 2 is 1.97 bits per heavy atom. The van der Waals surface area contributed by atoms with Crippen LogP contribution in [-0.4, -0.2) is 16.1 Å². The standard InChI is InChI=1S/C22H11N3O2S2/c23-11-13-2-1-3-18-15(13)10-19(28-18)14-6-7-24-17-5-4-12(8-16(14)17)9-20-21(26)25-22(27)29-20/h1-10H,(H,25,26,27)/b20-9+. The summed E-state index contributed by atoms with van der Waals surface area (Å²) in [5, 5.41) is 13.2. The third-order valence-electron chi connectivity index (χ3n) is 4.65. The summed E-state index contributed by atoms with van der Waals surface area (Å²) in [6.07, 6.45) is 3.48. The Labute approximate surface area is 173 Å². The zero-order valence-corrected chi connectivity index (χ0v) is 16.4. The molecule has 0 unspecified atom stereocenters. The van der Waals surface area contributed by atoms with Crippen molar-refractivity contribution in [3.63, 3.8) is 0 Å². The zero-order chi connectivity index (χ0) is 20.0. The molecular formula is C22H11N3O2S2. The molecule has 29 heavy (non-hydrogen) atoms. The van der Waals surface area contributed by atoms with E-state index >= 15 is 0 Å². The largest absolute Gasteiger partial charge is 0.290 e. The Morgan fingerprint density at radius 3 is 2.76 bits per heavy atom. The molecule has 4 aromatic rings. The average molecular weight is 413 g/mol. The Balaban J connectivity index is 1.67. The number of nitriles is 1. The van der Waals surface area contributed by atoms with E-state index < -0.39 is 0 Å². The van der Waals surface area contributed by atoms with Gasteiger partial charge in [-0.15, -0.1) is 11.3 Å². The molecule has 2 aromatic carbocycles. The molecule has 0 aliphatic carbocycles. The van der Waals surface area contributed by atoms with Crippen molar-refractivity contribution in [3.8, 4) is 16.5 Å². The first-order chi connectivity index (χ1) is 14.1. The maximum atomic E-state index is 11.8. The van der Waals surface area contributed by atoms with Gasteiger partial charge in [0.15, 0.2) is 0 Å². The summed E-state index contributed by atoms with van der Waals surface area (Å²) in [5.41, 5.74) is 3.32. The van der Waals surface area contributed by atoms with Crippen molar-refractivity contribution in [3.05, 3.63) is 70.8 Å². The molecule has 5 rings (SSSR count). The fourth-order valence-corrected chi connectivity index (χ4v) is 5.14. The summed E-state index contributed by atoms with van der Waals surface area (Å²) in [5.74, 6) is -0.375. The van der Waals surface area contributed by atoms with Gasteiger partial charge in [0.05, 0.1) is 22.1 Å². The highest BCUT2D eigenvalue weighted by Gasteiger charge is 2.25. The molecule has 1 aliphatic rings. The second-order valence-corrected chi connectivity index (χ2v) is 8.53. The number of benzene rings is 2. The van der Waals surface area contributed by atoms with Gasteiger partial charge in [-0.05, 0) is 59.8 Å². The number of fused-ring (bicyclic) bond motifs is 2. The van der Waals surface area contributed by atoms with Crippen molar-refractivity contribution in [2.75, 3.05) is 0 Å². The van der Waals surface area contributed by atoms with E-state index in [1.807, 2.05) is 48.5 Å². The number of hydrogen-bond acceptors (Lipinski definition) is 6. The molecule has 0 spiro atoms. The predicted octanol–water partition coefficient (Wildman–Crippen LogP) is 5.31. The van der Waals surface area contributed by atoms with Crippen LogP contribution in [0.5, 0.6) is 0 Å². The van der Waals surface area contributed by atoms with Gasteiger partial charge in [-0.25, -0.2) is 0 Å². The molecule has 7 heteroatoms. The summed E-state index contributed by atoms with van der Waals surface area (Å²) in [6, 6.07) is 17.7. The van der Waals surface area contributed by atoms with Gasteiger partial charge in [0, 0.05) is 32.1 Å². The number of imide groups is 1. The number of rotatable bonds is 2. The summed E-state index contributed by atoms with van der Waals surface area (Å²) < 4.78 is 1.06. The van der Waals surface area contributed by atoms with E-state index in [2.05, 4.69) is 16.4 Å². The van der Waals surface area contributed by atoms with Gasteiger partial charge >= 0.3 is 0 Å². The molecule has 138 valence electrons. The van der Waals surface area contributed by atoms with Crippen molar-refractivity contribution in [1.29, 1.82) is 5.26 Å². The Morgan fingerprint density at radius 1 is 1.07 bits per heavy atom. The fraction of sp³-hybridized carbons (Fsp3) is 0. The van der Waals surface area contributed by atoms with Crippen LogP contribution >= 0.6 is 23.1 Å². The van der Waals surface area contributed by atoms with E-state index in [0.717, 1.165) is 48.8 Å². The van der Waals surface area contributed by atoms with Gasteiger partial charge in [-0.1, -0.05) is 12.1 Å². The highest BCUT2D eigenvalue weighted by Crippen LogP contribution is 2.38. The minimum Gasteiger partial charge on any atom is -0.282 e. The smallest absolute Gasteiger partial charge is 0.282 e. The van der Waals surface area contributed by atoms with E-state index in [1.165, 1.54) is 0 Å². The van der Waals surface area contributed by atoms with Crippen LogP contribution in [0.4, 0.5) is 4.79 Å². The van der Waals surface area contributed by atoms with Crippen molar-refractivity contribution < 1.29 is 9.59 Å². The minimum atomic E-state index is -0.375. The van der Waals surface area contributed by atoms with Gasteiger partial charge in [0.25, 0.3) is 11.1 Å². The monoisotopic (exact) mass is 413 g/mol. The summed E-state index contributed by atoms with van der Waals surface area (Å²) in [4.78, 5) is 29.1. The number of amides is 2. The van der Waals surface area contributed by atoms with E-state index in [1.54, 1.807) is 23.6 Å². The topological polar surface area (TPSA) is 82.8 Å². The molecule has 2 aromatic heterocycles. The number of aromatic nitrogens is 1. The second-order valence-electron chi connectivity index (χ2n) is 6.43. The molecular weight excluding hydrogens is 402 g/mol. The average Bonchev–Trinajstić information content (AvgIpc) is 3.29. The summed E-state index contributed by atoms with van der Waals surface area (Å²) in [6.45, 7) is 0. The molecule has 5 nitrogen and oxygen atoms in total. The van der Waals surface area contributed by atoms with Gasteiger partial charge in [0.2, 0.25) is 0 Å². The SMILES string of the molecule is N#Cc1cccc2sc(-c3ccnc4ccc(/C=C5/SC(=O)NC5=O)cc34)cc12.